The molecule has 0 aromatic heterocycles. The summed E-state index contributed by atoms with van der Waals surface area (Å²) in [7, 11) is -3.61. The third kappa shape index (κ3) is 4.42. The van der Waals surface area contributed by atoms with Gasteiger partial charge in [-0.1, -0.05) is 25.5 Å². The highest BCUT2D eigenvalue weighted by molar-refractivity contribution is 7.86. The molecule has 1 aromatic rings. The highest BCUT2D eigenvalue weighted by atomic mass is 32.2. The van der Waals surface area contributed by atoms with Crippen LogP contribution in [-0.4, -0.2) is 19.1 Å². The summed E-state index contributed by atoms with van der Waals surface area (Å²) in [6.07, 6.45) is 1.26. The van der Waals surface area contributed by atoms with E-state index < -0.39 is 15.0 Å². The molecule has 0 aliphatic rings. The lowest BCUT2D eigenvalue weighted by molar-refractivity contribution is -0.385. The van der Waals surface area contributed by atoms with Crippen LogP contribution in [0, 0.1) is 10.1 Å². The summed E-state index contributed by atoms with van der Waals surface area (Å²) in [5, 5.41) is 10.7. The van der Waals surface area contributed by atoms with E-state index in [4.69, 9.17) is 4.18 Å². The van der Waals surface area contributed by atoms with Crippen LogP contribution in [0.1, 0.15) is 25.3 Å². The van der Waals surface area contributed by atoms with Crippen molar-refractivity contribution in [3.63, 3.8) is 0 Å². The zero-order valence-electron chi connectivity index (χ0n) is 10.0. The monoisotopic (exact) mass is 273 g/mol. The molecule has 0 unspecified atom stereocenters. The Morgan fingerprint density at radius 3 is 2.61 bits per heavy atom. The Balaban J connectivity index is 2.72. The van der Waals surface area contributed by atoms with Crippen molar-refractivity contribution in [2.24, 2.45) is 0 Å². The summed E-state index contributed by atoms with van der Waals surface area (Å²) < 4.78 is 27.7. The Kier molecular flexibility index (Phi) is 5.24. The first-order valence-corrected chi connectivity index (χ1v) is 7.13. The van der Waals surface area contributed by atoms with Crippen molar-refractivity contribution in [1.29, 1.82) is 0 Å². The van der Waals surface area contributed by atoms with Gasteiger partial charge in [0.25, 0.3) is 15.8 Å². The molecule has 1 aromatic carbocycles. The summed E-state index contributed by atoms with van der Waals surface area (Å²) in [5.74, 6) is -0.0653. The van der Waals surface area contributed by atoms with Crippen LogP contribution < -0.4 is 0 Å². The standard InChI is InChI=1S/C11H15NO5S/c1-2-3-8-18(15,16)17-9-10-6-4-5-7-11(10)12(13)14/h4-7H,2-3,8-9H2,1H3. The molecule has 18 heavy (non-hydrogen) atoms. The van der Waals surface area contributed by atoms with Gasteiger partial charge in [0.15, 0.2) is 0 Å². The summed E-state index contributed by atoms with van der Waals surface area (Å²) in [6, 6.07) is 5.92. The third-order valence-electron chi connectivity index (χ3n) is 2.33. The molecule has 6 nitrogen and oxygen atoms in total. The Morgan fingerprint density at radius 2 is 2.00 bits per heavy atom. The van der Waals surface area contributed by atoms with Crippen LogP contribution in [-0.2, 0) is 20.9 Å². The van der Waals surface area contributed by atoms with Crippen molar-refractivity contribution in [2.75, 3.05) is 5.75 Å². The smallest absolute Gasteiger partial charge is 0.265 e. The first kappa shape index (κ1) is 14.6. The Labute approximate surface area is 106 Å². The first-order valence-electron chi connectivity index (χ1n) is 5.55. The molecule has 0 N–H and O–H groups in total. The molecule has 0 saturated heterocycles. The number of hydrogen-bond acceptors (Lipinski definition) is 5. The fraction of sp³-hybridized carbons (Fsp3) is 0.455. The van der Waals surface area contributed by atoms with Gasteiger partial charge in [0.05, 0.1) is 22.8 Å². The second kappa shape index (κ2) is 6.46. The largest absolute Gasteiger partial charge is 0.274 e. The number of nitrogens with zero attached hydrogens (tertiary/aromatic N) is 1. The van der Waals surface area contributed by atoms with Crippen LogP contribution in [0.4, 0.5) is 5.69 Å². The van der Waals surface area contributed by atoms with Gasteiger partial charge in [-0.25, -0.2) is 0 Å². The SMILES string of the molecule is CCCCS(=O)(=O)OCc1ccccc1[N+](=O)[O-]. The molecule has 0 aliphatic carbocycles. The number of para-hydroxylation sites is 1. The third-order valence-corrected chi connectivity index (χ3v) is 3.60. The summed E-state index contributed by atoms with van der Waals surface area (Å²) in [6.45, 7) is 1.57. The van der Waals surface area contributed by atoms with E-state index >= 15 is 0 Å². The highest BCUT2D eigenvalue weighted by Gasteiger charge is 2.16. The minimum atomic E-state index is -3.61. The van der Waals surface area contributed by atoms with E-state index in [1.165, 1.54) is 18.2 Å². The van der Waals surface area contributed by atoms with E-state index in [9.17, 15) is 18.5 Å². The van der Waals surface area contributed by atoms with Gasteiger partial charge in [0, 0.05) is 6.07 Å². The molecule has 0 saturated carbocycles. The van der Waals surface area contributed by atoms with E-state index in [1.54, 1.807) is 6.07 Å². The fourth-order valence-corrected chi connectivity index (χ4v) is 2.41. The van der Waals surface area contributed by atoms with Crippen LogP contribution in [0.5, 0.6) is 0 Å². The second-order valence-electron chi connectivity index (χ2n) is 3.76. The fourth-order valence-electron chi connectivity index (χ4n) is 1.34. The molecule has 1 rings (SSSR count). The van der Waals surface area contributed by atoms with E-state index in [1.807, 2.05) is 6.92 Å². The molecular formula is C11H15NO5S. The topological polar surface area (TPSA) is 86.5 Å². The molecule has 0 aliphatic heterocycles. The first-order chi connectivity index (χ1) is 8.46. The molecule has 0 fully saturated rings. The van der Waals surface area contributed by atoms with Crippen molar-refractivity contribution in [3.05, 3.63) is 39.9 Å². The number of hydrogen-bond donors (Lipinski definition) is 0. The van der Waals surface area contributed by atoms with Crippen molar-refractivity contribution in [3.8, 4) is 0 Å². The van der Waals surface area contributed by atoms with E-state index in [2.05, 4.69) is 0 Å². The lowest BCUT2D eigenvalue weighted by atomic mass is 10.2. The minimum Gasteiger partial charge on any atom is -0.265 e. The Morgan fingerprint density at radius 1 is 1.33 bits per heavy atom. The summed E-state index contributed by atoms with van der Waals surface area (Å²) in [4.78, 5) is 10.2. The van der Waals surface area contributed by atoms with E-state index in [0.29, 0.717) is 6.42 Å². The van der Waals surface area contributed by atoms with Gasteiger partial charge in [-0.2, -0.15) is 8.42 Å². The van der Waals surface area contributed by atoms with Crippen molar-refractivity contribution < 1.29 is 17.5 Å². The molecule has 7 heteroatoms. The van der Waals surface area contributed by atoms with Gasteiger partial charge in [0.1, 0.15) is 0 Å². The van der Waals surface area contributed by atoms with Gasteiger partial charge >= 0.3 is 0 Å². The van der Waals surface area contributed by atoms with E-state index in [0.717, 1.165) is 6.42 Å². The molecule has 0 atom stereocenters. The quantitative estimate of drug-likeness (QED) is 0.432. The molecule has 0 heterocycles. The van der Waals surface area contributed by atoms with Gasteiger partial charge in [-0.15, -0.1) is 0 Å². The maximum Gasteiger partial charge on any atom is 0.274 e. The predicted molar refractivity (Wildman–Crippen MR) is 66.6 cm³/mol. The van der Waals surface area contributed by atoms with Gasteiger partial charge in [-0.3, -0.25) is 14.3 Å². The number of nitro benzene ring substituents is 1. The molecule has 0 bridgehead atoms. The molecule has 100 valence electrons. The number of nitro groups is 1. The summed E-state index contributed by atoms with van der Waals surface area (Å²) >= 11 is 0. The van der Waals surface area contributed by atoms with Gasteiger partial charge < -0.3 is 0 Å². The van der Waals surface area contributed by atoms with Crippen LogP contribution in [0.2, 0.25) is 0 Å². The lowest BCUT2D eigenvalue weighted by Crippen LogP contribution is -2.11. The maximum absolute atomic E-state index is 11.5. The lowest BCUT2D eigenvalue weighted by Gasteiger charge is -2.05. The van der Waals surface area contributed by atoms with Crippen LogP contribution >= 0.6 is 0 Å². The second-order valence-corrected chi connectivity index (χ2v) is 5.52. The van der Waals surface area contributed by atoms with Crippen LogP contribution in [0.25, 0.3) is 0 Å². The zero-order valence-corrected chi connectivity index (χ0v) is 10.9. The predicted octanol–water partition coefficient (Wildman–Crippen LogP) is 2.24. The van der Waals surface area contributed by atoms with Gasteiger partial charge in [0.2, 0.25) is 0 Å². The Bertz CT molecular complexity index is 512. The minimum absolute atomic E-state index is 0.0653. The average Bonchev–Trinajstić information content (AvgIpc) is 2.34. The maximum atomic E-state index is 11.5. The zero-order chi connectivity index (χ0) is 13.6. The van der Waals surface area contributed by atoms with Crippen LogP contribution in [0.15, 0.2) is 24.3 Å². The van der Waals surface area contributed by atoms with E-state index in [-0.39, 0.29) is 23.6 Å². The average molecular weight is 273 g/mol. The molecule has 0 radical (unpaired) electrons. The van der Waals surface area contributed by atoms with Crippen molar-refractivity contribution in [1.82, 2.24) is 0 Å². The van der Waals surface area contributed by atoms with Gasteiger partial charge in [-0.05, 0) is 12.5 Å². The molecular weight excluding hydrogens is 258 g/mol. The molecule has 0 amide bonds. The van der Waals surface area contributed by atoms with Crippen molar-refractivity contribution >= 4 is 15.8 Å². The number of rotatable bonds is 7. The van der Waals surface area contributed by atoms with Crippen LogP contribution in [0.3, 0.4) is 0 Å². The normalized spacial score (nSPS) is 11.4. The number of unbranched alkanes of at least 4 members (excludes halogenated alkanes) is 1. The molecule has 0 spiro atoms. The summed E-state index contributed by atoms with van der Waals surface area (Å²) in [5.41, 5.74) is 0.116. The Hall–Kier alpha value is -1.47. The van der Waals surface area contributed by atoms with Crippen molar-refractivity contribution in [2.45, 2.75) is 26.4 Å². The number of benzene rings is 1. The highest BCUT2D eigenvalue weighted by Crippen LogP contribution is 2.19.